The van der Waals surface area contributed by atoms with Gasteiger partial charge in [-0.25, -0.2) is 0 Å². The van der Waals surface area contributed by atoms with Crippen molar-refractivity contribution in [3.63, 3.8) is 0 Å². The maximum atomic E-state index is 5.88. The molecule has 17 heavy (non-hydrogen) atoms. The summed E-state index contributed by atoms with van der Waals surface area (Å²) in [6, 6.07) is 7.65. The smallest absolute Gasteiger partial charge is 0.0948 e. The minimum Gasteiger partial charge on any atom is -0.392 e. The van der Waals surface area contributed by atoms with Gasteiger partial charge in [-0.05, 0) is 17.7 Å². The van der Waals surface area contributed by atoms with Gasteiger partial charge in [0.25, 0.3) is 0 Å². The molecule has 1 heterocycles. The van der Waals surface area contributed by atoms with Gasteiger partial charge in [-0.3, -0.25) is 4.90 Å². The molecule has 1 aromatic carbocycles. The Labute approximate surface area is 111 Å². The lowest BCUT2D eigenvalue weighted by Gasteiger charge is -2.34. The predicted molar refractivity (Wildman–Crippen MR) is 73.4 cm³/mol. The first-order chi connectivity index (χ1) is 8.18. The highest BCUT2D eigenvalue weighted by Crippen LogP contribution is 2.23. The molecule has 1 saturated heterocycles. The summed E-state index contributed by atoms with van der Waals surface area (Å²) < 4.78 is 5.34. The average Bonchev–Trinajstić information content (AvgIpc) is 2.33. The number of halogens is 1. The first-order valence-electron chi connectivity index (χ1n) is 5.55. The highest BCUT2D eigenvalue weighted by Gasteiger charge is 2.24. The standard InChI is InChI=1S/C12H15ClN2OS/c13-10-3-1-9(2-4-10)11(12(14)17)15-5-7-16-8-6-15/h1-4,11H,5-8H2,(H2,14,17)/t11-/m0/s1. The third-order valence-corrected chi connectivity index (χ3v) is 3.34. The number of thiocarbonyl (C=S) groups is 1. The number of benzene rings is 1. The SMILES string of the molecule is NC(=S)[C@H](c1ccc(Cl)cc1)N1CCOCC1. The molecule has 92 valence electrons. The zero-order valence-corrected chi connectivity index (χ0v) is 11.0. The Morgan fingerprint density at radius 1 is 1.29 bits per heavy atom. The molecular formula is C12H15ClN2OS. The molecule has 0 radical (unpaired) electrons. The molecular weight excluding hydrogens is 256 g/mol. The second-order valence-electron chi connectivity index (χ2n) is 4.00. The van der Waals surface area contributed by atoms with Crippen LogP contribution in [-0.4, -0.2) is 36.2 Å². The molecule has 0 aliphatic carbocycles. The first kappa shape index (κ1) is 12.8. The van der Waals surface area contributed by atoms with Gasteiger partial charge in [-0.1, -0.05) is 36.0 Å². The molecule has 0 bridgehead atoms. The summed E-state index contributed by atoms with van der Waals surface area (Å²) in [6.07, 6.45) is 0. The van der Waals surface area contributed by atoms with Gasteiger partial charge in [0.15, 0.2) is 0 Å². The number of rotatable bonds is 3. The predicted octanol–water partition coefficient (Wildman–Crippen LogP) is 2.00. The first-order valence-corrected chi connectivity index (χ1v) is 6.33. The van der Waals surface area contributed by atoms with E-state index in [-0.39, 0.29) is 6.04 Å². The van der Waals surface area contributed by atoms with Crippen LogP contribution in [0.2, 0.25) is 5.02 Å². The Balaban J connectivity index is 2.21. The lowest BCUT2D eigenvalue weighted by molar-refractivity contribution is 0.0289. The average molecular weight is 271 g/mol. The van der Waals surface area contributed by atoms with E-state index < -0.39 is 0 Å². The van der Waals surface area contributed by atoms with Crippen molar-refractivity contribution < 1.29 is 4.74 Å². The fourth-order valence-corrected chi connectivity index (χ4v) is 2.45. The van der Waals surface area contributed by atoms with E-state index in [0.717, 1.165) is 36.9 Å². The van der Waals surface area contributed by atoms with Crippen LogP contribution in [-0.2, 0) is 4.74 Å². The third kappa shape index (κ3) is 3.16. The maximum absolute atomic E-state index is 5.88. The molecule has 0 unspecified atom stereocenters. The summed E-state index contributed by atoms with van der Waals surface area (Å²) in [5.41, 5.74) is 6.94. The van der Waals surface area contributed by atoms with Crippen LogP contribution < -0.4 is 5.73 Å². The molecule has 2 rings (SSSR count). The zero-order valence-electron chi connectivity index (χ0n) is 9.43. The lowest BCUT2D eigenvalue weighted by atomic mass is 10.0. The van der Waals surface area contributed by atoms with E-state index in [4.69, 9.17) is 34.3 Å². The largest absolute Gasteiger partial charge is 0.392 e. The van der Waals surface area contributed by atoms with Gasteiger partial charge < -0.3 is 10.5 Å². The van der Waals surface area contributed by atoms with Crippen molar-refractivity contribution >= 4 is 28.8 Å². The van der Waals surface area contributed by atoms with E-state index in [2.05, 4.69) is 4.90 Å². The van der Waals surface area contributed by atoms with E-state index in [1.165, 1.54) is 0 Å². The molecule has 0 amide bonds. The Hall–Kier alpha value is -0.680. The van der Waals surface area contributed by atoms with Gasteiger partial charge in [0, 0.05) is 18.1 Å². The molecule has 2 N–H and O–H groups in total. The molecule has 1 aromatic rings. The van der Waals surface area contributed by atoms with Gasteiger partial charge in [0.2, 0.25) is 0 Å². The van der Waals surface area contributed by atoms with Gasteiger partial charge in [-0.2, -0.15) is 0 Å². The Kier molecular flexibility index (Phi) is 4.34. The maximum Gasteiger partial charge on any atom is 0.0948 e. The fraction of sp³-hybridized carbons (Fsp3) is 0.417. The molecule has 1 fully saturated rings. The van der Waals surface area contributed by atoms with Crippen molar-refractivity contribution in [1.82, 2.24) is 4.90 Å². The number of nitrogens with zero attached hydrogens (tertiary/aromatic N) is 1. The van der Waals surface area contributed by atoms with Gasteiger partial charge in [0.05, 0.1) is 24.2 Å². The number of hydrogen-bond donors (Lipinski definition) is 1. The van der Waals surface area contributed by atoms with Crippen LogP contribution in [0.3, 0.4) is 0 Å². The molecule has 0 spiro atoms. The van der Waals surface area contributed by atoms with E-state index >= 15 is 0 Å². The van der Waals surface area contributed by atoms with Crippen molar-refractivity contribution in [1.29, 1.82) is 0 Å². The molecule has 0 saturated carbocycles. The number of hydrogen-bond acceptors (Lipinski definition) is 3. The summed E-state index contributed by atoms with van der Waals surface area (Å²) in [5, 5.41) is 0.720. The van der Waals surface area contributed by atoms with E-state index in [1.54, 1.807) is 0 Å². The third-order valence-electron chi connectivity index (χ3n) is 2.87. The van der Waals surface area contributed by atoms with E-state index in [9.17, 15) is 0 Å². The number of ether oxygens (including phenoxy) is 1. The quantitative estimate of drug-likeness (QED) is 0.853. The minimum absolute atomic E-state index is 0.0221. The molecule has 5 heteroatoms. The van der Waals surface area contributed by atoms with Crippen LogP contribution >= 0.6 is 23.8 Å². The summed E-state index contributed by atoms with van der Waals surface area (Å²) >= 11 is 11.1. The van der Waals surface area contributed by atoms with Crippen molar-refractivity contribution in [3.05, 3.63) is 34.9 Å². The van der Waals surface area contributed by atoms with E-state index in [0.29, 0.717) is 4.99 Å². The van der Waals surface area contributed by atoms with Crippen LogP contribution in [0.1, 0.15) is 11.6 Å². The van der Waals surface area contributed by atoms with Crippen LogP contribution in [0.4, 0.5) is 0 Å². The van der Waals surface area contributed by atoms with Crippen molar-refractivity contribution in [2.24, 2.45) is 5.73 Å². The molecule has 3 nitrogen and oxygen atoms in total. The Bertz CT molecular complexity index is 390. The minimum atomic E-state index is -0.0221. The second-order valence-corrected chi connectivity index (χ2v) is 4.91. The topological polar surface area (TPSA) is 38.5 Å². The Morgan fingerprint density at radius 3 is 2.41 bits per heavy atom. The van der Waals surface area contributed by atoms with Crippen molar-refractivity contribution in [2.45, 2.75) is 6.04 Å². The normalized spacial score (nSPS) is 18.9. The summed E-state index contributed by atoms with van der Waals surface area (Å²) in [5.74, 6) is 0. The highest BCUT2D eigenvalue weighted by molar-refractivity contribution is 7.80. The van der Waals surface area contributed by atoms with E-state index in [1.807, 2.05) is 24.3 Å². The summed E-state index contributed by atoms with van der Waals surface area (Å²) in [7, 11) is 0. The monoisotopic (exact) mass is 270 g/mol. The van der Waals surface area contributed by atoms with Gasteiger partial charge in [0.1, 0.15) is 0 Å². The van der Waals surface area contributed by atoms with Gasteiger partial charge in [-0.15, -0.1) is 0 Å². The molecule has 1 aliphatic heterocycles. The molecule has 1 aliphatic rings. The molecule has 0 aromatic heterocycles. The van der Waals surface area contributed by atoms with Crippen LogP contribution in [0.15, 0.2) is 24.3 Å². The van der Waals surface area contributed by atoms with Crippen molar-refractivity contribution in [2.75, 3.05) is 26.3 Å². The van der Waals surface area contributed by atoms with Crippen LogP contribution in [0.25, 0.3) is 0 Å². The molecule has 1 atom stereocenters. The summed E-state index contributed by atoms with van der Waals surface area (Å²) in [4.78, 5) is 2.74. The van der Waals surface area contributed by atoms with Crippen molar-refractivity contribution in [3.8, 4) is 0 Å². The van der Waals surface area contributed by atoms with Crippen LogP contribution in [0, 0.1) is 0 Å². The second kappa shape index (κ2) is 5.78. The fourth-order valence-electron chi connectivity index (χ4n) is 2.04. The zero-order chi connectivity index (χ0) is 12.3. The summed E-state index contributed by atoms with van der Waals surface area (Å²) in [6.45, 7) is 3.16. The number of morpholine rings is 1. The number of nitrogens with two attached hydrogens (primary N) is 1. The van der Waals surface area contributed by atoms with Crippen LogP contribution in [0.5, 0.6) is 0 Å². The Morgan fingerprint density at radius 2 is 1.88 bits per heavy atom. The lowest BCUT2D eigenvalue weighted by Crippen LogP contribution is -2.43. The highest BCUT2D eigenvalue weighted by atomic mass is 35.5. The van der Waals surface area contributed by atoms with Gasteiger partial charge >= 0.3 is 0 Å².